The van der Waals surface area contributed by atoms with Gasteiger partial charge >= 0.3 is 0 Å². The van der Waals surface area contributed by atoms with Gasteiger partial charge in [-0.3, -0.25) is 9.59 Å². The van der Waals surface area contributed by atoms with E-state index in [4.69, 9.17) is 0 Å². The molecule has 0 radical (unpaired) electrons. The fourth-order valence-electron chi connectivity index (χ4n) is 3.26. The van der Waals surface area contributed by atoms with Crippen molar-refractivity contribution in [3.8, 4) is 0 Å². The van der Waals surface area contributed by atoms with Crippen LogP contribution in [-0.4, -0.2) is 18.4 Å². The summed E-state index contributed by atoms with van der Waals surface area (Å²) in [4.78, 5) is 27.2. The van der Waals surface area contributed by atoms with E-state index >= 15 is 0 Å². The first-order chi connectivity index (χ1) is 14.0. The van der Waals surface area contributed by atoms with Crippen LogP contribution in [0.3, 0.4) is 0 Å². The molecule has 148 valence electrons. The van der Waals surface area contributed by atoms with Crippen molar-refractivity contribution in [1.82, 2.24) is 5.32 Å². The van der Waals surface area contributed by atoms with E-state index in [1.807, 2.05) is 75.4 Å². The van der Waals surface area contributed by atoms with Gasteiger partial charge in [-0.05, 0) is 68.3 Å². The first-order valence-electron chi connectivity index (χ1n) is 9.84. The minimum Gasteiger partial charge on any atom is -0.346 e. The molecule has 0 bridgehead atoms. The van der Waals surface area contributed by atoms with E-state index in [2.05, 4.69) is 5.32 Å². The average Bonchev–Trinajstić information content (AvgIpc) is 2.75. The molecule has 0 heterocycles. The van der Waals surface area contributed by atoms with Crippen LogP contribution >= 0.6 is 0 Å². The highest BCUT2D eigenvalue weighted by Gasteiger charge is 2.17. The van der Waals surface area contributed by atoms with Crippen LogP contribution < -0.4 is 10.2 Å². The summed E-state index contributed by atoms with van der Waals surface area (Å²) in [5, 5.41) is 2.99. The lowest BCUT2D eigenvalue weighted by Gasteiger charge is -2.21. The number of hydrogen-bond donors (Lipinski definition) is 1. The number of aryl methyl sites for hydroxylation is 1. The summed E-state index contributed by atoms with van der Waals surface area (Å²) < 4.78 is 0. The van der Waals surface area contributed by atoms with E-state index in [0.717, 1.165) is 16.8 Å². The van der Waals surface area contributed by atoms with Crippen molar-refractivity contribution in [2.45, 2.75) is 26.8 Å². The van der Waals surface area contributed by atoms with Gasteiger partial charge in [-0.1, -0.05) is 42.5 Å². The highest BCUT2D eigenvalue weighted by molar-refractivity contribution is 6.06. The second kappa shape index (κ2) is 9.20. The molecular weight excluding hydrogens is 360 g/mol. The van der Waals surface area contributed by atoms with Crippen molar-refractivity contribution in [3.05, 3.63) is 101 Å². The number of carbonyl (C=O) groups is 2. The first-order valence-corrected chi connectivity index (χ1v) is 9.84. The van der Waals surface area contributed by atoms with Crippen molar-refractivity contribution < 1.29 is 9.59 Å². The Hall–Kier alpha value is -3.40. The van der Waals surface area contributed by atoms with Crippen molar-refractivity contribution >= 4 is 17.5 Å². The number of anilines is 1. The Labute approximate surface area is 172 Å². The van der Waals surface area contributed by atoms with Crippen molar-refractivity contribution in [1.29, 1.82) is 0 Å². The number of nitrogens with one attached hydrogen (secondary N) is 1. The summed E-state index contributed by atoms with van der Waals surface area (Å²) in [6, 6.07) is 24.4. The zero-order valence-electron chi connectivity index (χ0n) is 17.1. The molecule has 0 aliphatic rings. The number of amides is 2. The molecule has 1 N–H and O–H groups in total. The van der Waals surface area contributed by atoms with Crippen LogP contribution in [0.4, 0.5) is 5.69 Å². The monoisotopic (exact) mass is 386 g/mol. The Morgan fingerprint density at radius 2 is 1.55 bits per heavy atom. The van der Waals surface area contributed by atoms with Gasteiger partial charge in [0.25, 0.3) is 11.8 Å². The molecule has 1 unspecified atom stereocenters. The number of benzene rings is 3. The van der Waals surface area contributed by atoms with Crippen LogP contribution in [0.1, 0.15) is 51.7 Å². The van der Waals surface area contributed by atoms with E-state index < -0.39 is 0 Å². The smallest absolute Gasteiger partial charge is 0.258 e. The van der Waals surface area contributed by atoms with E-state index in [-0.39, 0.29) is 17.9 Å². The lowest BCUT2D eigenvalue weighted by molar-refractivity contribution is 0.0937. The van der Waals surface area contributed by atoms with Crippen molar-refractivity contribution in [2.24, 2.45) is 0 Å². The zero-order chi connectivity index (χ0) is 20.8. The third kappa shape index (κ3) is 4.91. The highest BCUT2D eigenvalue weighted by atomic mass is 16.2. The number of nitrogens with zero attached hydrogens (tertiary/aromatic N) is 1. The van der Waals surface area contributed by atoms with Crippen LogP contribution in [0.2, 0.25) is 0 Å². The summed E-state index contributed by atoms with van der Waals surface area (Å²) in [6.45, 7) is 6.48. The first kappa shape index (κ1) is 20.3. The SMILES string of the molecule is CCN(C(=O)c1ccc(C(=O)NC(C)c2ccccc2)cc1)c1cccc(C)c1. The quantitative estimate of drug-likeness (QED) is 0.637. The lowest BCUT2D eigenvalue weighted by Crippen LogP contribution is -2.31. The van der Waals surface area contributed by atoms with E-state index in [1.54, 1.807) is 29.2 Å². The average molecular weight is 386 g/mol. The maximum atomic E-state index is 13.0. The number of rotatable bonds is 6. The molecule has 0 aromatic heterocycles. The van der Waals surface area contributed by atoms with Crippen LogP contribution in [0.15, 0.2) is 78.9 Å². The van der Waals surface area contributed by atoms with Gasteiger partial charge < -0.3 is 10.2 Å². The van der Waals surface area contributed by atoms with Crippen LogP contribution in [-0.2, 0) is 0 Å². The van der Waals surface area contributed by atoms with Crippen LogP contribution in [0.25, 0.3) is 0 Å². The van der Waals surface area contributed by atoms with Crippen LogP contribution in [0, 0.1) is 6.92 Å². The van der Waals surface area contributed by atoms with Gasteiger partial charge in [0.15, 0.2) is 0 Å². The fraction of sp³-hybridized carbons (Fsp3) is 0.200. The largest absolute Gasteiger partial charge is 0.346 e. The molecule has 4 heteroatoms. The van der Waals surface area contributed by atoms with Crippen molar-refractivity contribution in [3.63, 3.8) is 0 Å². The molecule has 1 atom stereocenters. The topological polar surface area (TPSA) is 49.4 Å². The molecule has 2 amide bonds. The summed E-state index contributed by atoms with van der Waals surface area (Å²) in [5.74, 6) is -0.242. The van der Waals surface area contributed by atoms with Gasteiger partial charge in [-0.15, -0.1) is 0 Å². The molecular formula is C25H26N2O2. The van der Waals surface area contributed by atoms with Gasteiger partial charge in [-0.25, -0.2) is 0 Å². The van der Waals surface area contributed by atoms with Gasteiger partial charge in [0.1, 0.15) is 0 Å². The Kier molecular flexibility index (Phi) is 6.45. The molecule has 4 nitrogen and oxygen atoms in total. The second-order valence-electron chi connectivity index (χ2n) is 7.07. The maximum Gasteiger partial charge on any atom is 0.258 e. The van der Waals surface area contributed by atoms with Crippen molar-refractivity contribution in [2.75, 3.05) is 11.4 Å². The molecule has 3 aromatic rings. The Morgan fingerprint density at radius 3 is 2.17 bits per heavy atom. The third-order valence-electron chi connectivity index (χ3n) is 4.92. The highest BCUT2D eigenvalue weighted by Crippen LogP contribution is 2.19. The summed E-state index contributed by atoms with van der Waals surface area (Å²) >= 11 is 0. The zero-order valence-corrected chi connectivity index (χ0v) is 17.1. The van der Waals surface area contributed by atoms with E-state index in [1.165, 1.54) is 0 Å². The molecule has 3 aromatic carbocycles. The minimum atomic E-state index is -0.161. The standard InChI is InChI=1S/C25H26N2O2/c1-4-27(23-12-8-9-18(2)17-23)25(29)22-15-13-21(14-16-22)24(28)26-19(3)20-10-6-5-7-11-20/h5-17,19H,4H2,1-3H3,(H,26,28). The number of hydrogen-bond acceptors (Lipinski definition) is 2. The Bertz CT molecular complexity index is 981. The van der Waals surface area contributed by atoms with Gasteiger partial charge in [0.2, 0.25) is 0 Å². The molecule has 0 saturated heterocycles. The maximum absolute atomic E-state index is 13.0. The fourth-order valence-corrected chi connectivity index (χ4v) is 3.26. The molecule has 29 heavy (non-hydrogen) atoms. The molecule has 0 fully saturated rings. The van der Waals surface area contributed by atoms with Crippen LogP contribution in [0.5, 0.6) is 0 Å². The normalized spacial score (nSPS) is 11.6. The summed E-state index contributed by atoms with van der Waals surface area (Å²) in [5.41, 5.74) is 4.11. The predicted octanol–water partition coefficient (Wildman–Crippen LogP) is 5.15. The lowest BCUT2D eigenvalue weighted by atomic mass is 10.1. The van der Waals surface area contributed by atoms with Gasteiger partial charge in [0, 0.05) is 23.4 Å². The third-order valence-corrected chi connectivity index (χ3v) is 4.92. The molecule has 0 saturated carbocycles. The Balaban J connectivity index is 1.71. The molecule has 0 aliphatic carbocycles. The van der Waals surface area contributed by atoms with E-state index in [9.17, 15) is 9.59 Å². The molecule has 3 rings (SSSR count). The minimum absolute atomic E-state index is 0.0808. The summed E-state index contributed by atoms with van der Waals surface area (Å²) in [7, 11) is 0. The molecule has 0 aliphatic heterocycles. The van der Waals surface area contributed by atoms with Gasteiger partial charge in [-0.2, -0.15) is 0 Å². The van der Waals surface area contributed by atoms with Gasteiger partial charge in [0.05, 0.1) is 6.04 Å². The Morgan fingerprint density at radius 1 is 0.897 bits per heavy atom. The molecule has 0 spiro atoms. The number of carbonyl (C=O) groups excluding carboxylic acids is 2. The van der Waals surface area contributed by atoms with E-state index in [0.29, 0.717) is 17.7 Å². The second-order valence-corrected chi connectivity index (χ2v) is 7.07. The predicted molar refractivity (Wildman–Crippen MR) is 117 cm³/mol. The summed E-state index contributed by atoms with van der Waals surface area (Å²) in [6.07, 6.45) is 0.